The lowest BCUT2D eigenvalue weighted by molar-refractivity contribution is 0.0780. The van der Waals surface area contributed by atoms with E-state index in [-0.39, 0.29) is 5.91 Å². The van der Waals surface area contributed by atoms with Crippen LogP contribution in [-0.2, 0) is 13.2 Å². The first kappa shape index (κ1) is 21.1. The van der Waals surface area contributed by atoms with Gasteiger partial charge in [0.25, 0.3) is 5.91 Å². The highest BCUT2D eigenvalue weighted by Gasteiger charge is 2.16. The van der Waals surface area contributed by atoms with Gasteiger partial charge in [-0.25, -0.2) is 4.98 Å². The number of carbonyl (C=O) groups is 1. The lowest BCUT2D eigenvalue weighted by Crippen LogP contribution is -2.26. The summed E-state index contributed by atoms with van der Waals surface area (Å²) in [5, 5.41) is 3.27. The highest BCUT2D eigenvalue weighted by atomic mass is 35.5. The van der Waals surface area contributed by atoms with Gasteiger partial charge < -0.3 is 9.64 Å². The number of nitrogens with zero attached hydrogens (tertiary/aromatic N) is 2. The van der Waals surface area contributed by atoms with Gasteiger partial charge in [0.15, 0.2) is 0 Å². The molecular formula is C25H21ClN2O2S. The molecule has 0 unspecified atom stereocenters. The number of rotatable bonds is 7. The van der Waals surface area contributed by atoms with Crippen molar-refractivity contribution in [1.82, 2.24) is 9.88 Å². The number of ether oxygens (including phenoxy) is 1. The van der Waals surface area contributed by atoms with Crippen LogP contribution in [0.5, 0.6) is 5.75 Å². The molecule has 0 spiro atoms. The Kier molecular flexibility index (Phi) is 6.65. The Morgan fingerprint density at radius 1 is 1.00 bits per heavy atom. The van der Waals surface area contributed by atoms with Gasteiger partial charge in [0, 0.05) is 29.6 Å². The monoisotopic (exact) mass is 448 g/mol. The lowest BCUT2D eigenvalue weighted by Gasteiger charge is -2.15. The first-order valence-corrected chi connectivity index (χ1v) is 11.1. The number of carbonyl (C=O) groups excluding carboxylic acids is 1. The molecule has 0 aliphatic carbocycles. The van der Waals surface area contributed by atoms with Gasteiger partial charge in [-0.2, -0.15) is 0 Å². The third kappa shape index (κ3) is 5.51. The molecular weight excluding hydrogens is 428 g/mol. The molecule has 4 aromatic rings. The van der Waals surface area contributed by atoms with Crippen molar-refractivity contribution in [3.8, 4) is 16.3 Å². The van der Waals surface area contributed by atoms with Crippen LogP contribution in [0, 0.1) is 0 Å². The minimum absolute atomic E-state index is 0.0975. The molecule has 0 atom stereocenters. The first-order chi connectivity index (χ1) is 15.1. The number of hydrogen-bond donors (Lipinski definition) is 0. The van der Waals surface area contributed by atoms with Gasteiger partial charge in [-0.05, 0) is 35.4 Å². The smallest absolute Gasteiger partial charge is 0.273 e. The van der Waals surface area contributed by atoms with Crippen molar-refractivity contribution in [3.63, 3.8) is 0 Å². The van der Waals surface area contributed by atoms with Gasteiger partial charge >= 0.3 is 0 Å². The third-order valence-corrected chi connectivity index (χ3v) is 5.83. The summed E-state index contributed by atoms with van der Waals surface area (Å²) in [4.78, 5) is 19.0. The second kappa shape index (κ2) is 9.77. The van der Waals surface area contributed by atoms with Crippen molar-refractivity contribution in [3.05, 3.63) is 106 Å². The quantitative estimate of drug-likeness (QED) is 0.332. The van der Waals surface area contributed by atoms with Gasteiger partial charge in [-0.3, -0.25) is 4.79 Å². The summed E-state index contributed by atoms with van der Waals surface area (Å²) in [6, 6.07) is 25.2. The Labute approximate surface area is 190 Å². The van der Waals surface area contributed by atoms with Crippen molar-refractivity contribution in [1.29, 1.82) is 0 Å². The molecule has 0 aliphatic rings. The van der Waals surface area contributed by atoms with Crippen LogP contribution < -0.4 is 4.74 Å². The summed E-state index contributed by atoms with van der Waals surface area (Å²) in [5.74, 6) is 0.640. The Balaban J connectivity index is 1.43. The van der Waals surface area contributed by atoms with Crippen LogP contribution in [-0.4, -0.2) is 22.8 Å². The molecule has 4 nitrogen and oxygen atoms in total. The number of halogens is 1. The van der Waals surface area contributed by atoms with Crippen LogP contribution in [0.4, 0.5) is 0 Å². The normalized spacial score (nSPS) is 10.6. The molecule has 1 heterocycles. The molecule has 0 saturated heterocycles. The van der Waals surface area contributed by atoms with Gasteiger partial charge in [-0.15, -0.1) is 11.3 Å². The summed E-state index contributed by atoms with van der Waals surface area (Å²) in [6.45, 7) is 0.968. The highest BCUT2D eigenvalue weighted by molar-refractivity contribution is 7.13. The van der Waals surface area contributed by atoms with E-state index in [1.165, 1.54) is 11.3 Å². The number of thiazole rings is 1. The minimum Gasteiger partial charge on any atom is -0.489 e. The largest absolute Gasteiger partial charge is 0.489 e. The molecule has 3 aromatic carbocycles. The van der Waals surface area contributed by atoms with Crippen LogP contribution in [0.2, 0.25) is 5.02 Å². The average molecular weight is 449 g/mol. The van der Waals surface area contributed by atoms with E-state index in [4.69, 9.17) is 16.3 Å². The van der Waals surface area contributed by atoms with Gasteiger partial charge in [0.2, 0.25) is 0 Å². The standard InChI is InChI=1S/C25H21ClN2O2S/c1-28(15-18-7-3-2-4-8-18)25(29)23-17-31-24(27-23)20-10-6-12-22(14-20)30-16-19-9-5-11-21(26)13-19/h2-14,17H,15-16H2,1H3. The van der Waals surface area contributed by atoms with Crippen LogP contribution >= 0.6 is 22.9 Å². The molecule has 1 amide bonds. The SMILES string of the molecule is CN(Cc1ccccc1)C(=O)c1csc(-c2cccc(OCc3cccc(Cl)c3)c2)n1. The summed E-state index contributed by atoms with van der Waals surface area (Å²) in [5.41, 5.74) is 3.45. The maximum Gasteiger partial charge on any atom is 0.273 e. The highest BCUT2D eigenvalue weighted by Crippen LogP contribution is 2.28. The van der Waals surface area contributed by atoms with E-state index in [0.717, 1.165) is 27.4 Å². The minimum atomic E-state index is -0.0975. The Morgan fingerprint density at radius 2 is 1.77 bits per heavy atom. The van der Waals surface area contributed by atoms with Crippen molar-refractivity contribution >= 4 is 28.8 Å². The Morgan fingerprint density at radius 3 is 2.58 bits per heavy atom. The van der Waals surface area contributed by atoms with E-state index in [1.807, 2.05) is 78.9 Å². The number of hydrogen-bond acceptors (Lipinski definition) is 4. The summed E-state index contributed by atoms with van der Waals surface area (Å²) in [7, 11) is 1.79. The van der Waals surface area contributed by atoms with E-state index in [2.05, 4.69) is 4.98 Å². The Hall–Kier alpha value is -3.15. The number of benzene rings is 3. The molecule has 0 aliphatic heterocycles. The summed E-state index contributed by atoms with van der Waals surface area (Å²) >= 11 is 7.48. The zero-order valence-electron chi connectivity index (χ0n) is 17.0. The molecule has 1 aromatic heterocycles. The molecule has 0 radical (unpaired) electrons. The van der Waals surface area contributed by atoms with Crippen LogP contribution in [0.1, 0.15) is 21.6 Å². The van der Waals surface area contributed by atoms with Gasteiger partial charge in [0.1, 0.15) is 23.1 Å². The van der Waals surface area contributed by atoms with Gasteiger partial charge in [0.05, 0.1) is 0 Å². The maximum atomic E-state index is 12.8. The Bertz CT molecular complexity index is 1180. The van der Waals surface area contributed by atoms with E-state index in [0.29, 0.717) is 23.9 Å². The van der Waals surface area contributed by atoms with E-state index in [9.17, 15) is 4.79 Å². The molecule has 6 heteroatoms. The first-order valence-electron chi connectivity index (χ1n) is 9.81. The number of amides is 1. The van der Waals surface area contributed by atoms with Crippen molar-refractivity contribution in [2.24, 2.45) is 0 Å². The van der Waals surface area contributed by atoms with Crippen molar-refractivity contribution in [2.75, 3.05) is 7.05 Å². The van der Waals surface area contributed by atoms with Crippen molar-refractivity contribution < 1.29 is 9.53 Å². The van der Waals surface area contributed by atoms with E-state index < -0.39 is 0 Å². The molecule has 4 rings (SSSR count). The molecule has 31 heavy (non-hydrogen) atoms. The second-order valence-electron chi connectivity index (χ2n) is 7.13. The second-order valence-corrected chi connectivity index (χ2v) is 8.43. The van der Waals surface area contributed by atoms with Crippen molar-refractivity contribution in [2.45, 2.75) is 13.2 Å². The van der Waals surface area contributed by atoms with Gasteiger partial charge in [-0.1, -0.05) is 66.2 Å². The van der Waals surface area contributed by atoms with E-state index in [1.54, 1.807) is 17.3 Å². The predicted molar refractivity (Wildman–Crippen MR) is 126 cm³/mol. The fourth-order valence-corrected chi connectivity index (χ4v) is 4.15. The lowest BCUT2D eigenvalue weighted by atomic mass is 10.2. The molecule has 0 fully saturated rings. The maximum absolute atomic E-state index is 12.8. The molecule has 0 N–H and O–H groups in total. The summed E-state index contributed by atoms with van der Waals surface area (Å²) in [6.07, 6.45) is 0. The third-order valence-electron chi connectivity index (χ3n) is 4.71. The van der Waals surface area contributed by atoms with Crippen LogP contribution in [0.25, 0.3) is 10.6 Å². The molecule has 0 bridgehead atoms. The van der Waals surface area contributed by atoms with Crippen LogP contribution in [0.15, 0.2) is 84.2 Å². The fourth-order valence-electron chi connectivity index (χ4n) is 3.14. The summed E-state index contributed by atoms with van der Waals surface area (Å²) < 4.78 is 5.91. The fraction of sp³-hybridized carbons (Fsp3) is 0.120. The average Bonchev–Trinajstić information content (AvgIpc) is 3.28. The predicted octanol–water partition coefficient (Wildman–Crippen LogP) is 6.31. The number of aromatic nitrogens is 1. The molecule has 156 valence electrons. The zero-order chi connectivity index (χ0) is 21.6. The zero-order valence-corrected chi connectivity index (χ0v) is 18.6. The topological polar surface area (TPSA) is 42.4 Å². The molecule has 0 saturated carbocycles. The van der Waals surface area contributed by atoms with E-state index >= 15 is 0 Å². The van der Waals surface area contributed by atoms with Crippen LogP contribution in [0.3, 0.4) is 0 Å².